The van der Waals surface area contributed by atoms with Crippen LogP contribution in [0, 0.1) is 11.7 Å². The number of hydrogen-bond donors (Lipinski definition) is 2. The van der Waals surface area contributed by atoms with Crippen molar-refractivity contribution in [1.82, 2.24) is 4.98 Å². The quantitative estimate of drug-likeness (QED) is 0.648. The highest BCUT2D eigenvalue weighted by Crippen LogP contribution is 2.30. The van der Waals surface area contributed by atoms with Gasteiger partial charge in [0.15, 0.2) is 0 Å². The molecule has 1 fully saturated rings. The lowest BCUT2D eigenvalue weighted by Gasteiger charge is -2.32. The molecule has 1 aliphatic rings. The molecule has 2 heterocycles. The molecule has 1 saturated heterocycles. The predicted molar refractivity (Wildman–Crippen MR) is 117 cm³/mol. The van der Waals surface area contributed by atoms with Crippen molar-refractivity contribution in [3.05, 3.63) is 90.0 Å². The normalized spacial score (nSPS) is 15.6. The number of rotatable bonds is 6. The molecule has 0 saturated carbocycles. The summed E-state index contributed by atoms with van der Waals surface area (Å²) in [6, 6.07) is 18.5. The molecule has 1 atom stereocenters. The fraction of sp³-hybridized carbons (Fsp3) is 0.250. The molecule has 1 aromatic heterocycles. The third kappa shape index (κ3) is 4.59. The Bertz CT molecular complexity index is 986. The highest BCUT2D eigenvalue weighted by Gasteiger charge is 2.23. The maximum atomic E-state index is 13.4. The van der Waals surface area contributed by atoms with Crippen LogP contribution in [-0.4, -0.2) is 24.0 Å². The van der Waals surface area contributed by atoms with Crippen molar-refractivity contribution in [1.29, 1.82) is 0 Å². The van der Waals surface area contributed by atoms with E-state index in [2.05, 4.69) is 27.3 Å². The van der Waals surface area contributed by atoms with Gasteiger partial charge in [-0.3, -0.25) is 9.78 Å². The monoisotopic (exact) mass is 404 g/mol. The van der Waals surface area contributed by atoms with Crippen molar-refractivity contribution in [3.8, 4) is 0 Å². The Labute approximate surface area is 175 Å². The van der Waals surface area contributed by atoms with Gasteiger partial charge in [0.25, 0.3) is 0 Å². The molecule has 5 nitrogen and oxygen atoms in total. The Kier molecular flexibility index (Phi) is 5.93. The maximum absolute atomic E-state index is 13.4. The molecule has 1 amide bonds. The summed E-state index contributed by atoms with van der Waals surface area (Å²) in [5.74, 6) is -0.496. The molecular weight excluding hydrogens is 379 g/mol. The van der Waals surface area contributed by atoms with Gasteiger partial charge in [0.1, 0.15) is 5.82 Å². The number of nitrogens with two attached hydrogens (primary N) is 1. The van der Waals surface area contributed by atoms with Crippen LogP contribution in [0.5, 0.6) is 0 Å². The summed E-state index contributed by atoms with van der Waals surface area (Å²) in [4.78, 5) is 18.0. The van der Waals surface area contributed by atoms with Crippen LogP contribution in [0.3, 0.4) is 0 Å². The number of aromatic nitrogens is 1. The molecule has 2 aromatic carbocycles. The molecule has 30 heavy (non-hydrogen) atoms. The topological polar surface area (TPSA) is 71.2 Å². The molecule has 6 heteroatoms. The number of nitrogens with zero attached hydrogens (tertiary/aromatic N) is 2. The number of nitrogens with one attached hydrogen (secondary N) is 1. The number of benzene rings is 2. The standard InChI is InChI=1S/C24H25FN4O/c25-20-8-6-17(7-9-20)23(19-3-2-12-27-16-19)28-21-4-1-5-22(15-21)29-13-10-18(11-14-29)24(26)30/h1-9,12,15-16,18,23,28H,10-11,13-14H2,(H2,26,30). The Hall–Kier alpha value is -3.41. The lowest BCUT2D eigenvalue weighted by atomic mass is 9.96. The van der Waals surface area contributed by atoms with E-state index >= 15 is 0 Å². The Morgan fingerprint density at radius 3 is 2.50 bits per heavy atom. The van der Waals surface area contributed by atoms with E-state index in [4.69, 9.17) is 5.73 Å². The summed E-state index contributed by atoms with van der Waals surface area (Å²) in [6.45, 7) is 1.61. The minimum absolute atomic E-state index is 0.0315. The molecule has 0 bridgehead atoms. The van der Waals surface area contributed by atoms with Crippen LogP contribution < -0.4 is 16.0 Å². The van der Waals surface area contributed by atoms with Gasteiger partial charge in [0, 0.05) is 42.8 Å². The second-order valence-corrected chi connectivity index (χ2v) is 7.63. The molecule has 1 unspecified atom stereocenters. The lowest BCUT2D eigenvalue weighted by Crippen LogP contribution is -2.38. The summed E-state index contributed by atoms with van der Waals surface area (Å²) < 4.78 is 13.4. The summed E-state index contributed by atoms with van der Waals surface area (Å²) in [7, 11) is 0. The van der Waals surface area contributed by atoms with Gasteiger partial charge >= 0.3 is 0 Å². The summed E-state index contributed by atoms with van der Waals surface area (Å²) in [5.41, 5.74) is 9.47. The maximum Gasteiger partial charge on any atom is 0.220 e. The molecule has 0 radical (unpaired) electrons. The molecule has 4 rings (SSSR count). The van der Waals surface area contributed by atoms with E-state index in [1.165, 1.54) is 12.1 Å². The van der Waals surface area contributed by atoms with Gasteiger partial charge in [-0.1, -0.05) is 24.3 Å². The second kappa shape index (κ2) is 8.95. The van der Waals surface area contributed by atoms with Gasteiger partial charge in [0.2, 0.25) is 5.91 Å². The van der Waals surface area contributed by atoms with Crippen LogP contribution >= 0.6 is 0 Å². The first-order valence-electron chi connectivity index (χ1n) is 10.2. The van der Waals surface area contributed by atoms with E-state index < -0.39 is 0 Å². The minimum atomic E-state index is -0.259. The van der Waals surface area contributed by atoms with Crippen LogP contribution in [0.1, 0.15) is 30.0 Å². The third-order valence-corrected chi connectivity index (χ3v) is 5.64. The Morgan fingerprint density at radius 2 is 1.83 bits per heavy atom. The number of piperidine rings is 1. The van der Waals surface area contributed by atoms with Crippen LogP contribution in [0.25, 0.3) is 0 Å². The minimum Gasteiger partial charge on any atom is -0.374 e. The van der Waals surface area contributed by atoms with Crippen molar-refractivity contribution >= 4 is 17.3 Å². The number of amides is 1. The van der Waals surface area contributed by atoms with Crippen LogP contribution in [-0.2, 0) is 4.79 Å². The number of carbonyl (C=O) groups excluding carboxylic acids is 1. The van der Waals surface area contributed by atoms with Crippen molar-refractivity contribution in [2.24, 2.45) is 11.7 Å². The highest BCUT2D eigenvalue weighted by molar-refractivity contribution is 5.77. The van der Waals surface area contributed by atoms with Crippen LogP contribution in [0.4, 0.5) is 15.8 Å². The van der Waals surface area contributed by atoms with E-state index in [1.807, 2.05) is 30.5 Å². The zero-order valence-corrected chi connectivity index (χ0v) is 16.7. The predicted octanol–water partition coefficient (Wildman–Crippen LogP) is 4.12. The number of halogens is 1. The van der Waals surface area contributed by atoms with Crippen molar-refractivity contribution in [2.75, 3.05) is 23.3 Å². The second-order valence-electron chi connectivity index (χ2n) is 7.63. The highest BCUT2D eigenvalue weighted by atomic mass is 19.1. The number of carbonyl (C=O) groups is 1. The average Bonchev–Trinajstić information content (AvgIpc) is 2.79. The van der Waals surface area contributed by atoms with E-state index in [0.717, 1.165) is 48.4 Å². The third-order valence-electron chi connectivity index (χ3n) is 5.64. The summed E-state index contributed by atoms with van der Waals surface area (Å²) in [6.07, 6.45) is 5.11. The number of anilines is 2. The van der Waals surface area contributed by atoms with Crippen molar-refractivity contribution < 1.29 is 9.18 Å². The summed E-state index contributed by atoms with van der Waals surface area (Å²) >= 11 is 0. The number of hydrogen-bond acceptors (Lipinski definition) is 4. The first-order chi connectivity index (χ1) is 14.6. The van der Waals surface area contributed by atoms with Gasteiger partial charge in [0.05, 0.1) is 6.04 Å². The first-order valence-corrected chi connectivity index (χ1v) is 10.2. The Balaban J connectivity index is 1.56. The van der Waals surface area contributed by atoms with E-state index in [1.54, 1.807) is 18.3 Å². The first kappa shape index (κ1) is 19.9. The largest absolute Gasteiger partial charge is 0.374 e. The molecule has 0 aliphatic carbocycles. The molecule has 154 valence electrons. The molecule has 1 aliphatic heterocycles. The zero-order chi connectivity index (χ0) is 20.9. The van der Waals surface area contributed by atoms with Crippen LogP contribution in [0.2, 0.25) is 0 Å². The van der Waals surface area contributed by atoms with Crippen LogP contribution in [0.15, 0.2) is 73.1 Å². The van der Waals surface area contributed by atoms with Gasteiger partial charge in [-0.2, -0.15) is 0 Å². The molecule has 3 aromatic rings. The number of pyridine rings is 1. The van der Waals surface area contributed by atoms with E-state index in [0.29, 0.717) is 0 Å². The van der Waals surface area contributed by atoms with Gasteiger partial charge < -0.3 is 16.0 Å². The molecular formula is C24H25FN4O. The van der Waals surface area contributed by atoms with Gasteiger partial charge in [-0.15, -0.1) is 0 Å². The molecule has 0 spiro atoms. The molecule has 3 N–H and O–H groups in total. The van der Waals surface area contributed by atoms with Crippen molar-refractivity contribution in [3.63, 3.8) is 0 Å². The number of primary amides is 1. The zero-order valence-electron chi connectivity index (χ0n) is 16.7. The van der Waals surface area contributed by atoms with E-state index in [9.17, 15) is 9.18 Å². The van der Waals surface area contributed by atoms with Gasteiger partial charge in [-0.25, -0.2) is 4.39 Å². The van der Waals surface area contributed by atoms with Gasteiger partial charge in [-0.05, 0) is 60.4 Å². The van der Waals surface area contributed by atoms with Crippen molar-refractivity contribution in [2.45, 2.75) is 18.9 Å². The fourth-order valence-electron chi connectivity index (χ4n) is 3.94. The fourth-order valence-corrected chi connectivity index (χ4v) is 3.94. The summed E-state index contributed by atoms with van der Waals surface area (Å²) in [5, 5.41) is 3.57. The lowest BCUT2D eigenvalue weighted by molar-refractivity contribution is -0.122. The van der Waals surface area contributed by atoms with E-state index in [-0.39, 0.29) is 23.7 Å². The Morgan fingerprint density at radius 1 is 1.07 bits per heavy atom. The SMILES string of the molecule is NC(=O)C1CCN(c2cccc(NC(c3ccc(F)cc3)c3cccnc3)c2)CC1. The smallest absolute Gasteiger partial charge is 0.220 e. The average molecular weight is 404 g/mol.